The van der Waals surface area contributed by atoms with Gasteiger partial charge in [0.05, 0.1) is 16.6 Å². The van der Waals surface area contributed by atoms with Gasteiger partial charge in [-0.1, -0.05) is 83.9 Å². The van der Waals surface area contributed by atoms with Crippen LogP contribution in [-0.2, 0) is 4.79 Å². The Morgan fingerprint density at radius 3 is 2.15 bits per heavy atom. The van der Waals surface area contributed by atoms with E-state index >= 15 is 0 Å². The van der Waals surface area contributed by atoms with Crippen LogP contribution in [0.4, 0.5) is 5.69 Å². The standard InChI is InChI=1S/C27H18Cl2N2O2/c28-20-12-14-24-23(16-20)31-27(33-24)19-11-13-21(29)22(15-19)30-26(32)25(17-7-3-1-4-8-17)18-9-5-2-6-10-18/h1-16,25H,(H,30,32). The maximum Gasteiger partial charge on any atom is 0.236 e. The monoisotopic (exact) mass is 472 g/mol. The van der Waals surface area contributed by atoms with E-state index in [4.69, 9.17) is 27.6 Å². The Kier molecular flexibility index (Phi) is 5.86. The van der Waals surface area contributed by atoms with Gasteiger partial charge in [-0.15, -0.1) is 0 Å². The van der Waals surface area contributed by atoms with Gasteiger partial charge in [0, 0.05) is 10.6 Å². The predicted octanol–water partition coefficient (Wildman–Crippen LogP) is 7.57. The number of hydrogen-bond donors (Lipinski definition) is 1. The number of aromatic nitrogens is 1. The van der Waals surface area contributed by atoms with Crippen molar-refractivity contribution >= 4 is 45.9 Å². The van der Waals surface area contributed by atoms with E-state index < -0.39 is 5.92 Å². The summed E-state index contributed by atoms with van der Waals surface area (Å²) in [6.45, 7) is 0. The lowest BCUT2D eigenvalue weighted by molar-refractivity contribution is -0.116. The number of carbonyl (C=O) groups excluding carboxylic acids is 1. The van der Waals surface area contributed by atoms with Crippen LogP contribution in [0, 0.1) is 0 Å². The van der Waals surface area contributed by atoms with Crippen LogP contribution in [0.3, 0.4) is 0 Å². The molecule has 1 aromatic heterocycles. The maximum absolute atomic E-state index is 13.5. The van der Waals surface area contributed by atoms with Crippen LogP contribution in [0.25, 0.3) is 22.6 Å². The number of nitrogens with one attached hydrogen (secondary N) is 1. The van der Waals surface area contributed by atoms with Crippen molar-refractivity contribution in [2.75, 3.05) is 5.32 Å². The molecule has 0 atom stereocenters. The summed E-state index contributed by atoms with van der Waals surface area (Å²) in [6.07, 6.45) is 0. The summed E-state index contributed by atoms with van der Waals surface area (Å²) in [6, 6.07) is 29.9. The summed E-state index contributed by atoms with van der Waals surface area (Å²) in [5.74, 6) is -0.253. The lowest BCUT2D eigenvalue weighted by Crippen LogP contribution is -2.22. The summed E-state index contributed by atoms with van der Waals surface area (Å²) >= 11 is 12.5. The van der Waals surface area contributed by atoms with Gasteiger partial charge in [-0.3, -0.25) is 4.79 Å². The number of amides is 1. The molecule has 6 heteroatoms. The van der Waals surface area contributed by atoms with Crippen molar-refractivity contribution in [3.63, 3.8) is 0 Å². The molecule has 0 unspecified atom stereocenters. The number of benzene rings is 4. The molecule has 5 rings (SSSR count). The van der Waals surface area contributed by atoms with E-state index in [0.29, 0.717) is 38.3 Å². The van der Waals surface area contributed by atoms with Crippen LogP contribution in [0.1, 0.15) is 17.0 Å². The Bertz CT molecular complexity index is 1390. The molecule has 4 aromatic carbocycles. The highest BCUT2D eigenvalue weighted by molar-refractivity contribution is 6.34. The number of oxazole rings is 1. The first-order chi connectivity index (χ1) is 16.1. The smallest absolute Gasteiger partial charge is 0.236 e. The van der Waals surface area contributed by atoms with Crippen LogP contribution in [0.15, 0.2) is 101 Å². The second kappa shape index (κ2) is 9.10. The van der Waals surface area contributed by atoms with Gasteiger partial charge >= 0.3 is 0 Å². The maximum atomic E-state index is 13.5. The van der Waals surface area contributed by atoms with Gasteiger partial charge in [0.15, 0.2) is 5.58 Å². The molecule has 33 heavy (non-hydrogen) atoms. The summed E-state index contributed by atoms with van der Waals surface area (Å²) < 4.78 is 5.87. The molecule has 0 spiro atoms. The molecule has 0 aliphatic rings. The molecular formula is C27H18Cl2N2O2. The third-order valence-electron chi connectivity index (χ3n) is 5.35. The van der Waals surface area contributed by atoms with E-state index in [1.165, 1.54) is 0 Å². The van der Waals surface area contributed by atoms with Crippen LogP contribution in [-0.4, -0.2) is 10.9 Å². The second-order valence-electron chi connectivity index (χ2n) is 7.57. The summed E-state index contributed by atoms with van der Waals surface area (Å²) in [5.41, 5.74) is 4.25. The number of anilines is 1. The summed E-state index contributed by atoms with van der Waals surface area (Å²) in [4.78, 5) is 18.0. The zero-order valence-corrected chi connectivity index (χ0v) is 18.8. The Morgan fingerprint density at radius 1 is 0.818 bits per heavy atom. The van der Waals surface area contributed by atoms with Crippen molar-refractivity contribution in [1.29, 1.82) is 0 Å². The van der Waals surface area contributed by atoms with Crippen LogP contribution < -0.4 is 5.32 Å². The highest BCUT2D eigenvalue weighted by Gasteiger charge is 2.23. The average Bonchev–Trinajstić information content (AvgIpc) is 3.25. The van der Waals surface area contributed by atoms with Gasteiger partial charge in [-0.05, 0) is 47.5 Å². The summed E-state index contributed by atoms with van der Waals surface area (Å²) in [5, 5.41) is 4.00. The van der Waals surface area contributed by atoms with E-state index in [9.17, 15) is 4.79 Å². The molecule has 1 heterocycles. The predicted molar refractivity (Wildman–Crippen MR) is 133 cm³/mol. The van der Waals surface area contributed by atoms with Crippen LogP contribution in [0.5, 0.6) is 0 Å². The molecule has 162 valence electrons. The average molecular weight is 473 g/mol. The molecule has 0 saturated carbocycles. The number of rotatable bonds is 5. The van der Waals surface area contributed by atoms with Crippen LogP contribution in [0.2, 0.25) is 10.0 Å². The zero-order valence-electron chi connectivity index (χ0n) is 17.3. The molecule has 0 saturated heterocycles. The molecule has 0 bridgehead atoms. The van der Waals surface area contributed by atoms with E-state index in [2.05, 4.69) is 10.3 Å². The fourth-order valence-corrected chi connectivity index (χ4v) is 4.10. The highest BCUT2D eigenvalue weighted by Crippen LogP contribution is 2.33. The van der Waals surface area contributed by atoms with Crippen molar-refractivity contribution in [3.8, 4) is 11.5 Å². The van der Waals surface area contributed by atoms with Crippen molar-refractivity contribution in [3.05, 3.63) is 118 Å². The Balaban J connectivity index is 1.49. The van der Waals surface area contributed by atoms with Gasteiger partial charge in [-0.2, -0.15) is 0 Å². The third-order valence-corrected chi connectivity index (χ3v) is 5.91. The molecule has 0 fully saturated rings. The van der Waals surface area contributed by atoms with Crippen molar-refractivity contribution in [1.82, 2.24) is 4.98 Å². The van der Waals surface area contributed by atoms with E-state index in [1.54, 1.807) is 36.4 Å². The van der Waals surface area contributed by atoms with Gasteiger partial charge < -0.3 is 9.73 Å². The molecule has 0 aliphatic heterocycles. The highest BCUT2D eigenvalue weighted by atomic mass is 35.5. The second-order valence-corrected chi connectivity index (χ2v) is 8.41. The first-order valence-corrected chi connectivity index (χ1v) is 11.1. The Morgan fingerprint density at radius 2 is 1.48 bits per heavy atom. The number of nitrogens with zero attached hydrogens (tertiary/aromatic N) is 1. The molecule has 1 amide bonds. The Labute approximate surface area is 200 Å². The normalized spacial score (nSPS) is 11.1. The summed E-state index contributed by atoms with van der Waals surface area (Å²) in [7, 11) is 0. The van der Waals surface area contributed by atoms with E-state index in [-0.39, 0.29) is 5.91 Å². The number of carbonyl (C=O) groups is 1. The lowest BCUT2D eigenvalue weighted by atomic mass is 9.90. The molecule has 1 N–H and O–H groups in total. The molecule has 4 nitrogen and oxygen atoms in total. The number of halogens is 2. The van der Waals surface area contributed by atoms with Crippen molar-refractivity contribution in [2.45, 2.75) is 5.92 Å². The van der Waals surface area contributed by atoms with E-state index in [1.807, 2.05) is 60.7 Å². The number of hydrogen-bond acceptors (Lipinski definition) is 3. The van der Waals surface area contributed by atoms with Gasteiger partial charge in [-0.25, -0.2) is 4.98 Å². The largest absolute Gasteiger partial charge is 0.436 e. The molecule has 5 aromatic rings. The van der Waals surface area contributed by atoms with Crippen molar-refractivity contribution < 1.29 is 9.21 Å². The number of fused-ring (bicyclic) bond motifs is 1. The minimum absolute atomic E-state index is 0.184. The van der Waals surface area contributed by atoms with Crippen LogP contribution >= 0.6 is 23.2 Å². The van der Waals surface area contributed by atoms with Gasteiger partial charge in [0.2, 0.25) is 11.8 Å². The topological polar surface area (TPSA) is 55.1 Å². The fraction of sp³-hybridized carbons (Fsp3) is 0.0370. The lowest BCUT2D eigenvalue weighted by Gasteiger charge is -2.18. The first kappa shape index (κ1) is 21.3. The van der Waals surface area contributed by atoms with Crippen molar-refractivity contribution in [2.24, 2.45) is 0 Å². The first-order valence-electron chi connectivity index (χ1n) is 10.4. The van der Waals surface area contributed by atoms with Gasteiger partial charge in [0.25, 0.3) is 0 Å². The third kappa shape index (κ3) is 4.49. The SMILES string of the molecule is O=C(Nc1cc(-c2nc3cc(Cl)ccc3o2)ccc1Cl)C(c1ccccc1)c1ccccc1. The quantitative estimate of drug-likeness (QED) is 0.286. The molecule has 0 aliphatic carbocycles. The minimum atomic E-state index is -0.487. The Hall–Kier alpha value is -3.60. The molecular weight excluding hydrogens is 455 g/mol. The fourth-order valence-electron chi connectivity index (χ4n) is 3.77. The van der Waals surface area contributed by atoms with Gasteiger partial charge in [0.1, 0.15) is 5.52 Å². The molecule has 0 radical (unpaired) electrons. The van der Waals surface area contributed by atoms with E-state index in [0.717, 1.165) is 11.1 Å². The minimum Gasteiger partial charge on any atom is -0.436 e. The zero-order chi connectivity index (χ0) is 22.8.